The molecule has 2 saturated carbocycles. The number of amides is 1. The smallest absolute Gasteiger partial charge is 0.270 e. The van der Waals surface area contributed by atoms with Gasteiger partial charge in [-0.2, -0.15) is 5.10 Å². The normalized spacial score (nSPS) is 23.3. The van der Waals surface area contributed by atoms with Gasteiger partial charge < -0.3 is 0 Å². The van der Waals surface area contributed by atoms with Crippen LogP contribution in [-0.2, 0) is 4.79 Å². The van der Waals surface area contributed by atoms with E-state index in [1.54, 1.807) is 23.2 Å². The number of nitro groups is 2. The monoisotopic (exact) mass is 488 g/mol. The first-order chi connectivity index (χ1) is 17.4. The molecule has 0 spiro atoms. The van der Waals surface area contributed by atoms with Crippen molar-refractivity contribution in [1.82, 2.24) is 5.01 Å². The Morgan fingerprint density at radius 1 is 0.917 bits per heavy atom. The first-order valence-corrected chi connectivity index (χ1v) is 12.5. The summed E-state index contributed by atoms with van der Waals surface area (Å²) >= 11 is 0. The van der Waals surface area contributed by atoms with Crippen molar-refractivity contribution in [2.24, 2.45) is 16.9 Å². The van der Waals surface area contributed by atoms with E-state index < -0.39 is 15.9 Å². The molecule has 1 heterocycles. The minimum Gasteiger partial charge on any atom is -0.273 e. The first kappa shape index (κ1) is 23.8. The zero-order chi connectivity index (χ0) is 25.2. The van der Waals surface area contributed by atoms with Gasteiger partial charge in [-0.3, -0.25) is 25.0 Å². The fraction of sp³-hybridized carbons (Fsp3) is 0.407. The van der Waals surface area contributed by atoms with Crippen molar-refractivity contribution >= 4 is 29.1 Å². The Labute approximate surface area is 208 Å². The topological polar surface area (TPSA) is 119 Å². The van der Waals surface area contributed by atoms with E-state index >= 15 is 0 Å². The molecule has 2 aromatic rings. The van der Waals surface area contributed by atoms with Crippen molar-refractivity contribution in [3.05, 3.63) is 85.5 Å². The van der Waals surface area contributed by atoms with Gasteiger partial charge in [0.25, 0.3) is 11.4 Å². The number of nitrogens with zero attached hydrogens (tertiary/aromatic N) is 4. The summed E-state index contributed by atoms with van der Waals surface area (Å²) in [4.78, 5) is 35.6. The predicted molar refractivity (Wildman–Crippen MR) is 135 cm³/mol. The minimum absolute atomic E-state index is 0.00538. The third-order valence-electron chi connectivity index (χ3n) is 7.53. The molecule has 2 fully saturated rings. The van der Waals surface area contributed by atoms with E-state index in [4.69, 9.17) is 5.10 Å². The molecule has 0 aromatic heterocycles. The molecule has 2 aliphatic carbocycles. The van der Waals surface area contributed by atoms with Crippen molar-refractivity contribution in [2.45, 2.75) is 57.4 Å². The molecule has 0 unspecified atom stereocenters. The van der Waals surface area contributed by atoms with Crippen molar-refractivity contribution in [2.75, 3.05) is 0 Å². The molecular formula is C27H28N4O5. The molecule has 36 heavy (non-hydrogen) atoms. The molecule has 3 aliphatic rings. The average Bonchev–Trinajstić information content (AvgIpc) is 3.29. The lowest BCUT2D eigenvalue weighted by Crippen LogP contribution is -2.36. The van der Waals surface area contributed by atoms with Crippen molar-refractivity contribution in [1.29, 1.82) is 0 Å². The predicted octanol–water partition coefficient (Wildman–Crippen LogP) is 6.21. The number of allylic oxidation sites excluding steroid dienone is 1. The Bertz CT molecular complexity index is 1260. The highest BCUT2D eigenvalue weighted by Gasteiger charge is 2.45. The van der Waals surface area contributed by atoms with Gasteiger partial charge in [0.1, 0.15) is 0 Å². The summed E-state index contributed by atoms with van der Waals surface area (Å²) in [6.07, 6.45) is 9.21. The fourth-order valence-electron chi connectivity index (χ4n) is 5.80. The molecule has 5 rings (SSSR count). The SMILES string of the molecule is O=C(C1CCCCC1)N1N=C2/C(=C/c3cccc([N+](=O)[O-])c3)CCC[C@H]2[C@H]1c1cccc([N+](=O)[O-])c1. The van der Waals surface area contributed by atoms with E-state index in [0.29, 0.717) is 11.1 Å². The Hall–Kier alpha value is -3.88. The lowest BCUT2D eigenvalue weighted by molar-refractivity contribution is -0.385. The fourth-order valence-corrected chi connectivity index (χ4v) is 5.80. The van der Waals surface area contributed by atoms with Crippen LogP contribution in [0.25, 0.3) is 6.08 Å². The minimum atomic E-state index is -0.415. The van der Waals surface area contributed by atoms with Crippen LogP contribution in [0.5, 0.6) is 0 Å². The quantitative estimate of drug-likeness (QED) is 0.366. The molecule has 9 heteroatoms. The van der Waals surface area contributed by atoms with E-state index in [2.05, 4.69) is 0 Å². The van der Waals surface area contributed by atoms with Gasteiger partial charge in [-0.15, -0.1) is 0 Å². The molecule has 1 aliphatic heterocycles. The zero-order valence-electron chi connectivity index (χ0n) is 19.9. The number of carbonyl (C=O) groups is 1. The Balaban J connectivity index is 1.55. The van der Waals surface area contributed by atoms with Gasteiger partial charge in [0.05, 0.1) is 21.6 Å². The lowest BCUT2D eigenvalue weighted by Gasteiger charge is -2.32. The van der Waals surface area contributed by atoms with E-state index in [1.807, 2.05) is 18.2 Å². The van der Waals surface area contributed by atoms with Gasteiger partial charge >= 0.3 is 0 Å². The number of non-ortho nitro benzene ring substituents is 2. The van der Waals surface area contributed by atoms with E-state index in [-0.39, 0.29) is 29.1 Å². The highest BCUT2D eigenvalue weighted by molar-refractivity contribution is 6.08. The Kier molecular flexibility index (Phi) is 6.63. The van der Waals surface area contributed by atoms with Crippen LogP contribution in [0.15, 0.2) is 59.2 Å². The van der Waals surface area contributed by atoms with Gasteiger partial charge in [0, 0.05) is 36.1 Å². The summed E-state index contributed by atoms with van der Waals surface area (Å²) in [5.74, 6) is -0.185. The third kappa shape index (κ3) is 4.65. The number of benzene rings is 2. The van der Waals surface area contributed by atoms with Gasteiger partial charge in [0.2, 0.25) is 5.91 Å². The van der Waals surface area contributed by atoms with Crippen LogP contribution in [0.4, 0.5) is 11.4 Å². The van der Waals surface area contributed by atoms with Crippen LogP contribution in [-0.4, -0.2) is 26.5 Å². The molecule has 186 valence electrons. The van der Waals surface area contributed by atoms with Gasteiger partial charge in [0.15, 0.2) is 0 Å². The van der Waals surface area contributed by atoms with Gasteiger partial charge in [-0.1, -0.05) is 43.5 Å². The summed E-state index contributed by atoms with van der Waals surface area (Å²) in [5.41, 5.74) is 3.22. The lowest BCUT2D eigenvalue weighted by atomic mass is 9.77. The van der Waals surface area contributed by atoms with Crippen molar-refractivity contribution in [3.63, 3.8) is 0 Å². The van der Waals surface area contributed by atoms with Crippen LogP contribution in [0.3, 0.4) is 0 Å². The van der Waals surface area contributed by atoms with Crippen LogP contribution < -0.4 is 0 Å². The van der Waals surface area contributed by atoms with Crippen LogP contribution in [0.1, 0.15) is 68.5 Å². The molecule has 0 radical (unpaired) electrons. The molecule has 2 atom stereocenters. The van der Waals surface area contributed by atoms with Crippen molar-refractivity contribution < 1.29 is 14.6 Å². The second kappa shape index (κ2) is 10.0. The highest BCUT2D eigenvalue weighted by atomic mass is 16.6. The van der Waals surface area contributed by atoms with Gasteiger partial charge in [-0.25, -0.2) is 5.01 Å². The average molecular weight is 489 g/mol. The number of rotatable bonds is 5. The molecule has 0 bridgehead atoms. The van der Waals surface area contributed by atoms with Gasteiger partial charge in [-0.05, 0) is 54.9 Å². The molecule has 1 amide bonds. The maximum Gasteiger partial charge on any atom is 0.270 e. The number of hydrazone groups is 1. The van der Waals surface area contributed by atoms with E-state index in [0.717, 1.165) is 62.7 Å². The maximum atomic E-state index is 13.7. The number of carbonyl (C=O) groups excluding carboxylic acids is 1. The summed E-state index contributed by atoms with van der Waals surface area (Å²) in [5, 5.41) is 29.2. The Morgan fingerprint density at radius 2 is 1.61 bits per heavy atom. The second-order valence-corrected chi connectivity index (χ2v) is 9.82. The van der Waals surface area contributed by atoms with Crippen LogP contribution >= 0.6 is 0 Å². The first-order valence-electron chi connectivity index (χ1n) is 12.5. The molecule has 0 saturated heterocycles. The highest BCUT2D eigenvalue weighted by Crippen LogP contribution is 2.46. The number of hydrogen-bond donors (Lipinski definition) is 0. The summed E-state index contributed by atoms with van der Waals surface area (Å²) in [6.45, 7) is 0. The Morgan fingerprint density at radius 3 is 2.33 bits per heavy atom. The number of fused-ring (bicyclic) bond motifs is 1. The van der Waals surface area contributed by atoms with Crippen LogP contribution in [0.2, 0.25) is 0 Å². The summed E-state index contributed by atoms with van der Waals surface area (Å²) < 4.78 is 0. The standard InChI is InChI=1S/C27H28N4O5/c32-27(19-8-2-1-3-9-19)29-26(21-11-5-13-23(17-21)31(35)36)24-14-6-10-20(25(24)28-29)15-18-7-4-12-22(16-18)30(33)34/h4-5,7,11-13,15-17,19,24,26H,1-3,6,8-10,14H2/b20-15+/t24-,26-/m1/s1. The van der Waals surface area contributed by atoms with Crippen molar-refractivity contribution in [3.8, 4) is 0 Å². The summed E-state index contributed by atoms with van der Waals surface area (Å²) in [6, 6.07) is 12.6. The third-order valence-corrected chi connectivity index (χ3v) is 7.53. The van der Waals surface area contributed by atoms with Crippen LogP contribution in [0, 0.1) is 32.1 Å². The largest absolute Gasteiger partial charge is 0.273 e. The van der Waals surface area contributed by atoms with E-state index in [9.17, 15) is 25.0 Å². The number of nitro benzene ring substituents is 2. The number of hydrogen-bond acceptors (Lipinski definition) is 6. The zero-order valence-corrected chi connectivity index (χ0v) is 19.9. The molecular weight excluding hydrogens is 460 g/mol. The second-order valence-electron chi connectivity index (χ2n) is 9.82. The molecule has 0 N–H and O–H groups in total. The summed E-state index contributed by atoms with van der Waals surface area (Å²) in [7, 11) is 0. The maximum absolute atomic E-state index is 13.7. The molecule has 9 nitrogen and oxygen atoms in total. The molecule has 2 aromatic carbocycles. The van der Waals surface area contributed by atoms with E-state index in [1.165, 1.54) is 18.2 Å².